The molecule has 0 atom stereocenters. The summed E-state index contributed by atoms with van der Waals surface area (Å²) < 4.78 is 27.2. The van der Waals surface area contributed by atoms with Crippen LogP contribution in [0.4, 0.5) is 4.39 Å². The molecule has 4 heterocycles. The fraction of sp³-hybridized carbons (Fsp3) is 0.207. The molecule has 5 aromatic rings. The van der Waals surface area contributed by atoms with E-state index < -0.39 is 5.76 Å². The fourth-order valence-electron chi connectivity index (χ4n) is 5.27. The molecule has 184 valence electrons. The van der Waals surface area contributed by atoms with E-state index in [1.165, 1.54) is 36.4 Å². The Morgan fingerprint density at radius 3 is 2.81 bits per heavy atom. The van der Waals surface area contributed by atoms with Crippen molar-refractivity contribution in [2.24, 2.45) is 0 Å². The summed E-state index contributed by atoms with van der Waals surface area (Å²) >= 11 is 0. The molecule has 1 saturated carbocycles. The van der Waals surface area contributed by atoms with E-state index in [0.717, 1.165) is 39.9 Å². The summed E-state index contributed by atoms with van der Waals surface area (Å²) in [5.74, 6) is 0.291. The lowest BCUT2D eigenvalue weighted by atomic mass is 9.89. The molecule has 0 unspecified atom stereocenters. The van der Waals surface area contributed by atoms with Gasteiger partial charge in [-0.3, -0.25) is 9.51 Å². The number of halogens is 1. The van der Waals surface area contributed by atoms with Gasteiger partial charge < -0.3 is 9.14 Å². The third-order valence-electron chi connectivity index (χ3n) is 7.20. The number of H-pyrrole nitrogens is 1. The van der Waals surface area contributed by atoms with Crippen LogP contribution in [0.2, 0.25) is 0 Å². The number of allylic oxidation sites excluding steroid dienone is 1. The Balaban J connectivity index is 1.36. The zero-order valence-electron chi connectivity index (χ0n) is 20.1. The van der Waals surface area contributed by atoms with Gasteiger partial charge in [-0.25, -0.2) is 14.2 Å². The lowest BCUT2D eigenvalue weighted by molar-refractivity contribution is 0.305. The van der Waals surface area contributed by atoms with Crippen LogP contribution in [0.15, 0.2) is 70.1 Å². The second-order valence-electron chi connectivity index (χ2n) is 9.69. The normalized spacial score (nSPS) is 16.2. The number of nitrogens with zero attached hydrogens (tertiary/aromatic N) is 3. The summed E-state index contributed by atoms with van der Waals surface area (Å²) in [5, 5.41) is 3.89. The molecule has 1 aliphatic heterocycles. The molecule has 3 aromatic heterocycles. The number of aromatic nitrogens is 4. The van der Waals surface area contributed by atoms with Gasteiger partial charge >= 0.3 is 5.76 Å². The van der Waals surface area contributed by atoms with Crippen LogP contribution in [-0.4, -0.2) is 19.5 Å². The van der Waals surface area contributed by atoms with E-state index >= 15 is 0 Å². The molecular formula is C29H23FN4O3. The summed E-state index contributed by atoms with van der Waals surface area (Å²) in [5.41, 5.74) is 8.66. The number of aromatic amines is 1. The zero-order chi connectivity index (χ0) is 25.1. The first-order valence-electron chi connectivity index (χ1n) is 12.3. The van der Waals surface area contributed by atoms with Crippen molar-refractivity contribution in [3.05, 3.63) is 117 Å². The number of pyridine rings is 1. The summed E-state index contributed by atoms with van der Waals surface area (Å²) in [7, 11) is 0. The predicted molar refractivity (Wildman–Crippen MR) is 136 cm³/mol. The molecule has 37 heavy (non-hydrogen) atoms. The van der Waals surface area contributed by atoms with Crippen LogP contribution in [0, 0.1) is 5.82 Å². The van der Waals surface area contributed by atoms with Crippen molar-refractivity contribution in [2.45, 2.75) is 38.7 Å². The molecule has 0 bridgehead atoms. The van der Waals surface area contributed by atoms with E-state index in [-0.39, 0.29) is 12.4 Å². The Labute approximate surface area is 211 Å². The van der Waals surface area contributed by atoms with E-state index in [1.54, 1.807) is 6.07 Å². The molecule has 1 fully saturated rings. The van der Waals surface area contributed by atoms with Crippen LogP contribution in [0.1, 0.15) is 65.1 Å². The van der Waals surface area contributed by atoms with Crippen LogP contribution in [0.3, 0.4) is 0 Å². The van der Waals surface area contributed by atoms with E-state index in [0.29, 0.717) is 23.1 Å². The van der Waals surface area contributed by atoms with Gasteiger partial charge in [-0.15, -0.1) is 0 Å². The van der Waals surface area contributed by atoms with Crippen molar-refractivity contribution in [1.82, 2.24) is 19.5 Å². The molecule has 2 aromatic carbocycles. The van der Waals surface area contributed by atoms with Gasteiger partial charge in [-0.05, 0) is 66.3 Å². The van der Waals surface area contributed by atoms with Crippen LogP contribution in [0.25, 0.3) is 16.8 Å². The Bertz CT molecular complexity index is 1770. The van der Waals surface area contributed by atoms with Crippen LogP contribution in [0.5, 0.6) is 5.75 Å². The quantitative estimate of drug-likeness (QED) is 0.357. The second kappa shape index (κ2) is 8.30. The summed E-state index contributed by atoms with van der Waals surface area (Å²) in [6, 6.07) is 16.9. The average molecular weight is 495 g/mol. The third kappa shape index (κ3) is 3.76. The molecule has 0 radical (unpaired) electrons. The number of hydrogen-bond donors (Lipinski definition) is 1. The van der Waals surface area contributed by atoms with Gasteiger partial charge in [-0.1, -0.05) is 29.4 Å². The van der Waals surface area contributed by atoms with Crippen molar-refractivity contribution in [1.29, 1.82) is 0 Å². The number of rotatable bonds is 4. The van der Waals surface area contributed by atoms with Crippen LogP contribution in [-0.2, 0) is 13.0 Å². The topological polar surface area (TPSA) is 85.4 Å². The maximum Gasteiger partial charge on any atom is 0.439 e. The number of imidazole rings is 1. The first-order chi connectivity index (χ1) is 18.0. The van der Waals surface area contributed by atoms with Gasteiger partial charge in [0, 0.05) is 35.7 Å². The molecule has 8 heteroatoms. The smallest absolute Gasteiger partial charge is 0.439 e. The lowest BCUT2D eigenvalue weighted by Crippen LogP contribution is -2.02. The number of benzene rings is 2. The first-order valence-corrected chi connectivity index (χ1v) is 12.3. The van der Waals surface area contributed by atoms with Gasteiger partial charge in [-0.2, -0.15) is 0 Å². The molecule has 1 N–H and O–H groups in total. The Morgan fingerprint density at radius 2 is 2.00 bits per heavy atom. The SMILES string of the molecule is CC(=C1c2ccc(Cc3c(C4CC4)nc4ccccn34)cc2COc2cc(F)ccc21)c1noc(=O)[nH]1. The Kier molecular flexibility index (Phi) is 4.89. The predicted octanol–water partition coefficient (Wildman–Crippen LogP) is 5.49. The van der Waals surface area contributed by atoms with Gasteiger partial charge in [0.2, 0.25) is 0 Å². The molecule has 2 aliphatic rings. The summed E-state index contributed by atoms with van der Waals surface area (Å²) in [4.78, 5) is 19.2. The highest BCUT2D eigenvalue weighted by Gasteiger charge is 2.30. The van der Waals surface area contributed by atoms with Crippen molar-refractivity contribution < 1.29 is 13.7 Å². The Hall–Kier alpha value is -4.46. The third-order valence-corrected chi connectivity index (χ3v) is 7.20. The monoisotopic (exact) mass is 494 g/mol. The van der Waals surface area contributed by atoms with Gasteiger partial charge in [0.15, 0.2) is 5.82 Å². The number of fused-ring (bicyclic) bond motifs is 3. The maximum absolute atomic E-state index is 14.1. The van der Waals surface area contributed by atoms with E-state index in [9.17, 15) is 9.18 Å². The minimum Gasteiger partial charge on any atom is -0.488 e. The van der Waals surface area contributed by atoms with Crippen molar-refractivity contribution in [3.63, 3.8) is 0 Å². The highest BCUT2D eigenvalue weighted by atomic mass is 19.1. The molecule has 7 rings (SSSR count). The van der Waals surface area contributed by atoms with Crippen LogP contribution >= 0.6 is 0 Å². The molecule has 0 saturated heterocycles. The first kappa shape index (κ1) is 21.8. The molecule has 0 amide bonds. The average Bonchev–Trinajstić information content (AvgIpc) is 3.59. The number of hydrogen-bond acceptors (Lipinski definition) is 5. The van der Waals surface area contributed by atoms with Crippen molar-refractivity contribution in [3.8, 4) is 5.75 Å². The number of ether oxygens (including phenoxy) is 1. The zero-order valence-corrected chi connectivity index (χ0v) is 20.1. The van der Waals surface area contributed by atoms with E-state index in [2.05, 4.69) is 38.9 Å². The molecule has 1 aliphatic carbocycles. The maximum atomic E-state index is 14.1. The van der Waals surface area contributed by atoms with Gasteiger partial charge in [0.25, 0.3) is 0 Å². The summed E-state index contributed by atoms with van der Waals surface area (Å²) in [6.45, 7) is 2.15. The van der Waals surface area contributed by atoms with Gasteiger partial charge in [0.1, 0.15) is 23.8 Å². The highest BCUT2D eigenvalue weighted by Crippen LogP contribution is 2.43. The number of nitrogens with one attached hydrogen (secondary N) is 1. The largest absolute Gasteiger partial charge is 0.488 e. The molecule has 0 spiro atoms. The summed E-state index contributed by atoms with van der Waals surface area (Å²) in [6.07, 6.45) is 5.17. The molecule has 7 nitrogen and oxygen atoms in total. The van der Waals surface area contributed by atoms with Crippen molar-refractivity contribution >= 4 is 16.8 Å². The van der Waals surface area contributed by atoms with E-state index in [1.807, 2.05) is 25.1 Å². The minimum absolute atomic E-state index is 0.286. The standard InChI is InChI=1S/C29H23FN4O3/c1-16(28-32-29(35)37-33-28)26-21-9-5-17(12-19(21)15-36-24-14-20(30)8-10-22(24)26)13-23-27(18-6-7-18)31-25-4-2-3-11-34(23)25/h2-5,8-12,14,18H,6-7,13,15H2,1H3,(H,32,33,35). The van der Waals surface area contributed by atoms with E-state index in [4.69, 9.17) is 14.2 Å². The second-order valence-corrected chi connectivity index (χ2v) is 9.69. The van der Waals surface area contributed by atoms with Crippen LogP contribution < -0.4 is 10.5 Å². The highest BCUT2D eigenvalue weighted by molar-refractivity contribution is 5.99. The lowest BCUT2D eigenvalue weighted by Gasteiger charge is -2.14. The van der Waals surface area contributed by atoms with Gasteiger partial charge in [0.05, 0.1) is 11.4 Å². The molecular weight excluding hydrogens is 471 g/mol. The fourth-order valence-corrected chi connectivity index (χ4v) is 5.27. The minimum atomic E-state index is -0.630. The van der Waals surface area contributed by atoms with Crippen molar-refractivity contribution in [2.75, 3.05) is 0 Å². The Morgan fingerprint density at radius 1 is 1.14 bits per heavy atom.